The Morgan fingerprint density at radius 3 is 2.24 bits per heavy atom. The van der Waals surface area contributed by atoms with E-state index in [1.807, 2.05) is 58.9 Å². The summed E-state index contributed by atoms with van der Waals surface area (Å²) < 4.78 is 34.6. The highest BCUT2D eigenvalue weighted by molar-refractivity contribution is 7.92. The molecule has 0 bridgehead atoms. The van der Waals surface area contributed by atoms with Gasteiger partial charge in [-0.3, -0.25) is 13.9 Å². The summed E-state index contributed by atoms with van der Waals surface area (Å²) in [5.41, 5.74) is 2.83. The Labute approximate surface area is 244 Å². The summed E-state index contributed by atoms with van der Waals surface area (Å²) in [4.78, 5) is 29.2. The number of hydrogen-bond acceptors (Lipinski definition) is 5. The van der Waals surface area contributed by atoms with Crippen LogP contribution in [-0.4, -0.2) is 50.9 Å². The summed E-state index contributed by atoms with van der Waals surface area (Å²) in [6, 6.07) is 19.9. The Balaban J connectivity index is 2.10. The molecule has 2 atom stereocenters. The number of nitrogens with one attached hydrogen (secondary N) is 1. The van der Waals surface area contributed by atoms with E-state index >= 15 is 0 Å². The van der Waals surface area contributed by atoms with E-state index in [1.165, 1.54) is 17.0 Å². The number of amides is 2. The van der Waals surface area contributed by atoms with Gasteiger partial charge in [0.2, 0.25) is 11.8 Å². The monoisotopic (exact) mass is 579 g/mol. The van der Waals surface area contributed by atoms with E-state index in [1.54, 1.807) is 43.5 Å². The number of carbonyl (C=O) groups is 2. The first-order chi connectivity index (χ1) is 19.5. The van der Waals surface area contributed by atoms with Crippen LogP contribution in [0.3, 0.4) is 0 Å². The first-order valence-electron chi connectivity index (χ1n) is 13.9. The van der Waals surface area contributed by atoms with Crippen LogP contribution in [0.2, 0.25) is 0 Å². The van der Waals surface area contributed by atoms with Gasteiger partial charge in [-0.05, 0) is 80.6 Å². The molecule has 1 N–H and O–H groups in total. The minimum Gasteiger partial charge on any atom is -0.497 e. The molecule has 8 nitrogen and oxygen atoms in total. The second kappa shape index (κ2) is 14.2. The summed E-state index contributed by atoms with van der Waals surface area (Å²) >= 11 is 0. The highest BCUT2D eigenvalue weighted by Gasteiger charge is 2.34. The van der Waals surface area contributed by atoms with Gasteiger partial charge in [0.1, 0.15) is 18.3 Å². The molecule has 0 aliphatic heterocycles. The van der Waals surface area contributed by atoms with Crippen LogP contribution in [0, 0.1) is 13.8 Å². The van der Waals surface area contributed by atoms with Crippen LogP contribution in [0.1, 0.15) is 50.3 Å². The Morgan fingerprint density at radius 2 is 1.61 bits per heavy atom. The number of sulfonamides is 1. The van der Waals surface area contributed by atoms with Crippen molar-refractivity contribution in [2.45, 2.75) is 71.0 Å². The lowest BCUT2D eigenvalue weighted by atomic mass is 10.1. The third-order valence-electron chi connectivity index (χ3n) is 7.33. The van der Waals surface area contributed by atoms with Gasteiger partial charge in [0.15, 0.2) is 0 Å². The van der Waals surface area contributed by atoms with Crippen molar-refractivity contribution in [3.8, 4) is 5.75 Å². The van der Waals surface area contributed by atoms with E-state index < -0.39 is 28.5 Å². The molecule has 3 aromatic rings. The van der Waals surface area contributed by atoms with Gasteiger partial charge in [-0.2, -0.15) is 0 Å². The molecule has 9 heteroatoms. The Morgan fingerprint density at radius 1 is 0.927 bits per heavy atom. The third kappa shape index (κ3) is 7.67. The topological polar surface area (TPSA) is 96.0 Å². The van der Waals surface area contributed by atoms with Gasteiger partial charge in [0, 0.05) is 12.6 Å². The lowest BCUT2D eigenvalue weighted by molar-refractivity contribution is -0.140. The Kier molecular flexibility index (Phi) is 10.9. The lowest BCUT2D eigenvalue weighted by Crippen LogP contribution is -2.53. The van der Waals surface area contributed by atoms with E-state index in [2.05, 4.69) is 5.32 Å². The molecule has 0 saturated heterocycles. The predicted octanol–water partition coefficient (Wildman–Crippen LogP) is 5.23. The molecule has 0 aromatic heterocycles. The fourth-order valence-electron chi connectivity index (χ4n) is 4.57. The fraction of sp³-hybridized carbons (Fsp3) is 0.375. The average molecular weight is 580 g/mol. The van der Waals surface area contributed by atoms with Crippen LogP contribution in [-0.2, 0) is 26.2 Å². The number of benzene rings is 3. The Hall–Kier alpha value is -3.85. The first kappa shape index (κ1) is 31.7. The van der Waals surface area contributed by atoms with Crippen molar-refractivity contribution in [2.24, 2.45) is 0 Å². The fourth-order valence-corrected chi connectivity index (χ4v) is 6.06. The molecular formula is C32H41N3O5S. The SMILES string of the molecule is CCC(C)NC(=O)C(CC)N(Cc1cccc(OC)c1)C(=O)CN(c1cccc(C)c1C)S(=O)(=O)c1ccccc1. The highest BCUT2D eigenvalue weighted by atomic mass is 32.2. The summed E-state index contributed by atoms with van der Waals surface area (Å²) in [6.07, 6.45) is 1.09. The average Bonchev–Trinajstić information content (AvgIpc) is 2.97. The molecule has 220 valence electrons. The number of anilines is 1. The van der Waals surface area contributed by atoms with Crippen molar-refractivity contribution >= 4 is 27.5 Å². The van der Waals surface area contributed by atoms with Crippen LogP contribution in [0.15, 0.2) is 77.7 Å². The molecule has 0 saturated carbocycles. The van der Waals surface area contributed by atoms with Crippen LogP contribution >= 0.6 is 0 Å². The number of carbonyl (C=O) groups excluding carboxylic acids is 2. The summed E-state index contributed by atoms with van der Waals surface area (Å²) in [5, 5.41) is 2.99. The number of aryl methyl sites for hydroxylation is 1. The summed E-state index contributed by atoms with van der Waals surface area (Å²) in [6.45, 7) is 9.10. The van der Waals surface area contributed by atoms with E-state index in [0.717, 1.165) is 27.4 Å². The molecule has 2 amide bonds. The molecule has 0 aliphatic rings. The molecule has 3 aromatic carbocycles. The first-order valence-corrected chi connectivity index (χ1v) is 15.3. The van der Waals surface area contributed by atoms with Gasteiger partial charge in [-0.1, -0.05) is 56.3 Å². The minimum atomic E-state index is -4.12. The van der Waals surface area contributed by atoms with E-state index in [9.17, 15) is 18.0 Å². The van der Waals surface area contributed by atoms with Crippen LogP contribution < -0.4 is 14.4 Å². The second-order valence-electron chi connectivity index (χ2n) is 10.2. The highest BCUT2D eigenvalue weighted by Crippen LogP contribution is 2.29. The number of rotatable bonds is 13. The molecule has 0 aliphatic carbocycles. The van der Waals surface area contributed by atoms with Crippen LogP contribution in [0.4, 0.5) is 5.69 Å². The molecule has 0 radical (unpaired) electrons. The van der Waals surface area contributed by atoms with Crippen molar-refractivity contribution in [3.05, 3.63) is 89.5 Å². The standard InChI is InChI=1S/C32H41N3O5S/c1-7-24(4)33-32(37)29(8-2)34(21-26-15-13-16-27(20-26)40-6)31(36)22-35(30-19-12-14-23(3)25(30)5)41(38,39)28-17-10-9-11-18-28/h9-20,24,29H,7-8,21-22H2,1-6H3,(H,33,37). The summed E-state index contributed by atoms with van der Waals surface area (Å²) in [7, 11) is -2.55. The van der Waals surface area contributed by atoms with Crippen molar-refractivity contribution in [2.75, 3.05) is 18.0 Å². The van der Waals surface area contributed by atoms with Gasteiger partial charge in [-0.15, -0.1) is 0 Å². The van der Waals surface area contributed by atoms with Crippen molar-refractivity contribution in [1.82, 2.24) is 10.2 Å². The molecule has 0 fully saturated rings. The predicted molar refractivity (Wildman–Crippen MR) is 162 cm³/mol. The molecule has 0 spiro atoms. The van der Waals surface area contributed by atoms with Crippen molar-refractivity contribution < 1.29 is 22.7 Å². The van der Waals surface area contributed by atoms with Gasteiger partial charge >= 0.3 is 0 Å². The summed E-state index contributed by atoms with van der Waals surface area (Å²) in [5.74, 6) is -0.141. The smallest absolute Gasteiger partial charge is 0.264 e. The quantitative estimate of drug-likeness (QED) is 0.299. The van der Waals surface area contributed by atoms with Crippen LogP contribution in [0.25, 0.3) is 0 Å². The number of methoxy groups -OCH3 is 1. The second-order valence-corrected chi connectivity index (χ2v) is 12.0. The zero-order chi connectivity index (χ0) is 30.2. The molecule has 2 unspecified atom stereocenters. The Bertz CT molecular complexity index is 1440. The van der Waals surface area contributed by atoms with Crippen molar-refractivity contribution in [3.63, 3.8) is 0 Å². The minimum absolute atomic E-state index is 0.0739. The van der Waals surface area contributed by atoms with Crippen molar-refractivity contribution in [1.29, 1.82) is 0 Å². The van der Waals surface area contributed by atoms with Gasteiger partial charge in [0.05, 0.1) is 17.7 Å². The molecule has 0 heterocycles. The zero-order valence-electron chi connectivity index (χ0n) is 24.8. The molecule has 41 heavy (non-hydrogen) atoms. The van der Waals surface area contributed by atoms with Crippen LogP contribution in [0.5, 0.6) is 5.75 Å². The van der Waals surface area contributed by atoms with E-state index in [-0.39, 0.29) is 23.4 Å². The van der Waals surface area contributed by atoms with E-state index in [0.29, 0.717) is 17.9 Å². The lowest BCUT2D eigenvalue weighted by Gasteiger charge is -2.34. The molecular weight excluding hydrogens is 538 g/mol. The number of ether oxygens (including phenoxy) is 1. The van der Waals surface area contributed by atoms with Gasteiger partial charge in [0.25, 0.3) is 10.0 Å². The third-order valence-corrected chi connectivity index (χ3v) is 9.10. The maximum atomic E-state index is 14.2. The zero-order valence-corrected chi connectivity index (χ0v) is 25.6. The van der Waals surface area contributed by atoms with Gasteiger partial charge in [-0.25, -0.2) is 8.42 Å². The maximum absolute atomic E-state index is 14.2. The largest absolute Gasteiger partial charge is 0.497 e. The number of hydrogen-bond donors (Lipinski definition) is 1. The van der Waals surface area contributed by atoms with Gasteiger partial charge < -0.3 is 15.0 Å². The molecule has 3 rings (SSSR count). The van der Waals surface area contributed by atoms with E-state index in [4.69, 9.17) is 4.74 Å². The maximum Gasteiger partial charge on any atom is 0.264 e. The number of nitrogens with zero attached hydrogens (tertiary/aromatic N) is 2. The normalized spacial score (nSPS) is 12.7.